The van der Waals surface area contributed by atoms with E-state index in [1.807, 2.05) is 39.0 Å². The number of anilines is 1. The van der Waals surface area contributed by atoms with Crippen molar-refractivity contribution in [1.82, 2.24) is 4.98 Å². The Morgan fingerprint density at radius 3 is 2.77 bits per heavy atom. The van der Waals surface area contributed by atoms with Crippen LogP contribution in [0, 0.1) is 17.0 Å². The van der Waals surface area contributed by atoms with Gasteiger partial charge in [-0.05, 0) is 44.0 Å². The summed E-state index contributed by atoms with van der Waals surface area (Å²) in [5.74, 6) is 0.549. The average Bonchev–Trinajstić information content (AvgIpc) is 2.45. The number of aromatic nitrogens is 1. The number of benzene rings is 1. The van der Waals surface area contributed by atoms with Gasteiger partial charge in [0, 0.05) is 24.9 Å². The van der Waals surface area contributed by atoms with E-state index in [-0.39, 0.29) is 16.7 Å². The summed E-state index contributed by atoms with van der Waals surface area (Å²) in [6, 6.07) is 8.80. The second kappa shape index (κ2) is 6.89. The van der Waals surface area contributed by atoms with E-state index in [0.29, 0.717) is 18.1 Å². The molecule has 0 amide bonds. The van der Waals surface area contributed by atoms with Gasteiger partial charge in [-0.1, -0.05) is 6.07 Å². The third kappa shape index (κ3) is 4.18. The van der Waals surface area contributed by atoms with E-state index in [0.717, 1.165) is 11.1 Å². The Morgan fingerprint density at radius 1 is 1.32 bits per heavy atom. The molecule has 1 heterocycles. The Kier molecular flexibility index (Phi) is 4.93. The third-order valence-electron chi connectivity index (χ3n) is 2.99. The summed E-state index contributed by atoms with van der Waals surface area (Å²) in [7, 11) is 0. The predicted molar refractivity (Wildman–Crippen MR) is 85.2 cm³/mol. The monoisotopic (exact) mass is 301 g/mol. The minimum atomic E-state index is -0.380. The molecule has 0 radical (unpaired) electrons. The number of nitrogens with zero attached hydrogens (tertiary/aromatic N) is 2. The van der Waals surface area contributed by atoms with Crippen LogP contribution in [0.15, 0.2) is 36.5 Å². The lowest BCUT2D eigenvalue weighted by Crippen LogP contribution is -2.08. The Hall–Kier alpha value is -2.63. The third-order valence-corrected chi connectivity index (χ3v) is 2.99. The number of hydrogen-bond donors (Lipinski definition) is 1. The molecule has 1 aromatic heterocycles. The fraction of sp³-hybridized carbons (Fsp3) is 0.312. The highest BCUT2D eigenvalue weighted by Gasteiger charge is 2.13. The molecule has 6 heteroatoms. The Bertz CT molecular complexity index is 671. The molecular weight excluding hydrogens is 282 g/mol. The molecule has 0 bridgehead atoms. The zero-order chi connectivity index (χ0) is 16.1. The second-order valence-electron chi connectivity index (χ2n) is 5.30. The van der Waals surface area contributed by atoms with Crippen LogP contribution in [-0.2, 0) is 6.54 Å². The van der Waals surface area contributed by atoms with Crippen LogP contribution < -0.4 is 10.1 Å². The maximum Gasteiger partial charge on any atom is 0.292 e. The van der Waals surface area contributed by atoms with Crippen LogP contribution in [0.4, 0.5) is 11.4 Å². The van der Waals surface area contributed by atoms with Crippen LogP contribution in [0.25, 0.3) is 0 Å². The average molecular weight is 301 g/mol. The van der Waals surface area contributed by atoms with Gasteiger partial charge in [-0.3, -0.25) is 10.1 Å². The van der Waals surface area contributed by atoms with Gasteiger partial charge in [-0.2, -0.15) is 0 Å². The van der Waals surface area contributed by atoms with Gasteiger partial charge in [0.2, 0.25) is 5.88 Å². The van der Waals surface area contributed by atoms with Crippen LogP contribution in [0.1, 0.15) is 25.0 Å². The first-order valence-corrected chi connectivity index (χ1v) is 7.06. The fourth-order valence-electron chi connectivity index (χ4n) is 2.01. The lowest BCUT2D eigenvalue weighted by atomic mass is 10.2. The predicted octanol–water partition coefficient (Wildman–Crippen LogP) is 3.70. The minimum Gasteiger partial charge on any atom is -0.475 e. The van der Waals surface area contributed by atoms with Crippen LogP contribution in [0.5, 0.6) is 5.88 Å². The molecule has 6 nitrogen and oxygen atoms in total. The van der Waals surface area contributed by atoms with Crippen LogP contribution >= 0.6 is 0 Å². The van der Waals surface area contributed by atoms with E-state index in [1.54, 1.807) is 18.3 Å². The first-order chi connectivity index (χ1) is 10.5. The molecular formula is C16H19N3O3. The Labute approximate surface area is 129 Å². The standard InChI is InChI=1S/C16H19N3O3/c1-11(2)22-16-9-13(6-7-17-16)10-18-14-5-4-12(3)8-15(14)19(20)21/h4-9,11,18H,10H2,1-3H3. The number of pyridine rings is 1. The van der Waals surface area contributed by atoms with Gasteiger partial charge in [0.15, 0.2) is 0 Å². The molecule has 2 rings (SSSR count). The summed E-state index contributed by atoms with van der Waals surface area (Å²) < 4.78 is 5.54. The van der Waals surface area contributed by atoms with Crippen LogP contribution in [0.2, 0.25) is 0 Å². The number of aryl methyl sites for hydroxylation is 1. The minimum absolute atomic E-state index is 0.0499. The van der Waals surface area contributed by atoms with Crippen LogP contribution in [0.3, 0.4) is 0 Å². The summed E-state index contributed by atoms with van der Waals surface area (Å²) in [5, 5.41) is 14.2. The number of ether oxygens (including phenoxy) is 1. The number of nitrogens with one attached hydrogen (secondary N) is 1. The molecule has 0 spiro atoms. The van der Waals surface area contributed by atoms with E-state index in [9.17, 15) is 10.1 Å². The van der Waals surface area contributed by atoms with E-state index in [2.05, 4.69) is 10.3 Å². The first kappa shape index (κ1) is 15.8. The summed E-state index contributed by atoms with van der Waals surface area (Å²) in [6.07, 6.45) is 1.71. The van der Waals surface area contributed by atoms with E-state index in [4.69, 9.17) is 4.74 Å². The fourth-order valence-corrected chi connectivity index (χ4v) is 2.01. The molecule has 2 aromatic rings. The van der Waals surface area contributed by atoms with E-state index >= 15 is 0 Å². The molecule has 0 fully saturated rings. The normalized spacial score (nSPS) is 10.5. The molecule has 0 unspecified atom stereocenters. The molecule has 0 atom stereocenters. The molecule has 0 saturated carbocycles. The number of rotatable bonds is 6. The summed E-state index contributed by atoms with van der Waals surface area (Å²) >= 11 is 0. The highest BCUT2D eigenvalue weighted by atomic mass is 16.6. The van der Waals surface area contributed by atoms with Crippen molar-refractivity contribution in [2.45, 2.75) is 33.4 Å². The largest absolute Gasteiger partial charge is 0.475 e. The molecule has 1 N–H and O–H groups in total. The topological polar surface area (TPSA) is 77.3 Å². The van der Waals surface area contributed by atoms with Crippen molar-refractivity contribution in [3.8, 4) is 5.88 Å². The molecule has 22 heavy (non-hydrogen) atoms. The lowest BCUT2D eigenvalue weighted by molar-refractivity contribution is -0.384. The number of nitro groups is 1. The first-order valence-electron chi connectivity index (χ1n) is 7.06. The van der Waals surface area contributed by atoms with E-state index in [1.165, 1.54) is 0 Å². The van der Waals surface area contributed by atoms with Gasteiger partial charge in [0.25, 0.3) is 5.69 Å². The Morgan fingerprint density at radius 2 is 2.09 bits per heavy atom. The van der Waals surface area contributed by atoms with Gasteiger partial charge in [-0.15, -0.1) is 0 Å². The zero-order valence-electron chi connectivity index (χ0n) is 12.9. The van der Waals surface area contributed by atoms with Crippen molar-refractivity contribution in [3.63, 3.8) is 0 Å². The highest BCUT2D eigenvalue weighted by Crippen LogP contribution is 2.26. The molecule has 0 aliphatic heterocycles. The van der Waals surface area contributed by atoms with Gasteiger partial charge >= 0.3 is 0 Å². The van der Waals surface area contributed by atoms with Gasteiger partial charge in [-0.25, -0.2) is 4.98 Å². The van der Waals surface area contributed by atoms with Crippen molar-refractivity contribution in [3.05, 3.63) is 57.8 Å². The summed E-state index contributed by atoms with van der Waals surface area (Å²) in [6.45, 7) is 6.15. The maximum absolute atomic E-state index is 11.1. The molecule has 0 aliphatic carbocycles. The second-order valence-corrected chi connectivity index (χ2v) is 5.30. The van der Waals surface area contributed by atoms with Crippen molar-refractivity contribution < 1.29 is 9.66 Å². The summed E-state index contributed by atoms with van der Waals surface area (Å²) in [4.78, 5) is 14.9. The molecule has 1 aromatic carbocycles. The number of nitro benzene ring substituents is 1. The van der Waals surface area contributed by atoms with Crippen molar-refractivity contribution >= 4 is 11.4 Å². The smallest absolute Gasteiger partial charge is 0.292 e. The Balaban J connectivity index is 2.12. The SMILES string of the molecule is Cc1ccc(NCc2ccnc(OC(C)C)c2)c([N+](=O)[O-])c1. The molecule has 0 saturated heterocycles. The quantitative estimate of drug-likeness (QED) is 0.650. The van der Waals surface area contributed by atoms with Crippen molar-refractivity contribution in [1.29, 1.82) is 0 Å². The van der Waals surface area contributed by atoms with Gasteiger partial charge in [0.1, 0.15) is 5.69 Å². The lowest BCUT2D eigenvalue weighted by Gasteiger charge is -2.11. The van der Waals surface area contributed by atoms with Gasteiger partial charge in [0.05, 0.1) is 11.0 Å². The van der Waals surface area contributed by atoms with Gasteiger partial charge < -0.3 is 10.1 Å². The molecule has 0 aliphatic rings. The molecule has 116 valence electrons. The number of hydrogen-bond acceptors (Lipinski definition) is 5. The van der Waals surface area contributed by atoms with Crippen LogP contribution in [-0.4, -0.2) is 16.0 Å². The zero-order valence-corrected chi connectivity index (χ0v) is 12.9. The van der Waals surface area contributed by atoms with E-state index < -0.39 is 0 Å². The van der Waals surface area contributed by atoms with Crippen molar-refractivity contribution in [2.24, 2.45) is 0 Å². The highest BCUT2D eigenvalue weighted by molar-refractivity contribution is 5.62. The summed E-state index contributed by atoms with van der Waals surface area (Å²) in [5.41, 5.74) is 2.38. The van der Waals surface area contributed by atoms with Crippen molar-refractivity contribution in [2.75, 3.05) is 5.32 Å². The maximum atomic E-state index is 11.1.